The van der Waals surface area contributed by atoms with Gasteiger partial charge in [-0.15, -0.1) is 0 Å². The van der Waals surface area contributed by atoms with Crippen LogP contribution in [0, 0.1) is 0 Å². The number of hydrogen-bond acceptors (Lipinski definition) is 19. The minimum atomic E-state index is -1.72. The van der Waals surface area contributed by atoms with Gasteiger partial charge in [-0.05, 0) is 113 Å². The van der Waals surface area contributed by atoms with Crippen LogP contribution in [0.5, 0.6) is 0 Å². The fourth-order valence-corrected chi connectivity index (χ4v) is 14.9. The summed E-state index contributed by atoms with van der Waals surface area (Å²) in [6.07, 6.45) is 10.3. The highest BCUT2D eigenvalue weighted by Crippen LogP contribution is 2.29. The Morgan fingerprint density at radius 3 is 1.29 bits per heavy atom. The summed E-state index contributed by atoms with van der Waals surface area (Å²) in [6.45, 7) is 1.29. The van der Waals surface area contributed by atoms with Gasteiger partial charge in [-0.25, -0.2) is 9.97 Å². The summed E-state index contributed by atoms with van der Waals surface area (Å²) >= 11 is 0. The highest BCUT2D eigenvalue weighted by molar-refractivity contribution is 8.77. The highest BCUT2D eigenvalue weighted by Gasteiger charge is 2.39. The van der Waals surface area contributed by atoms with Gasteiger partial charge < -0.3 is 101 Å². The summed E-state index contributed by atoms with van der Waals surface area (Å²) in [4.78, 5) is 202. The number of para-hydroxylation sites is 2. The molecule has 4 aromatic heterocycles. The molecule has 107 heavy (non-hydrogen) atoms. The molecular formula is C72H95N21O12S2. The zero-order chi connectivity index (χ0) is 76.4. The number of carbonyl (C=O) groups is 12. The molecule has 572 valence electrons. The molecule has 9 rings (SSSR count). The molecule has 33 nitrogen and oxygen atoms in total. The predicted molar refractivity (Wildman–Crippen MR) is 402 cm³/mol. The number of nitrogens with two attached hydrogens (primary N) is 3. The number of amides is 12. The molecule has 2 aliphatic rings. The third-order valence-corrected chi connectivity index (χ3v) is 20.9. The van der Waals surface area contributed by atoms with E-state index in [0.29, 0.717) is 99.2 Å². The Kier molecular flexibility index (Phi) is 30.2. The molecule has 2 fully saturated rings. The van der Waals surface area contributed by atoms with Crippen LogP contribution in [0.15, 0.2) is 116 Å². The first kappa shape index (κ1) is 80.5. The number of nitrogens with one attached hydrogen (secondary N) is 15. The molecule has 2 saturated heterocycles. The topological polar surface area (TPSA) is 507 Å². The number of nitrogens with zero attached hydrogens (tertiary/aromatic N) is 3. The number of benzene rings is 3. The Balaban J connectivity index is 1.16. The van der Waals surface area contributed by atoms with E-state index in [2.05, 4.69) is 88.4 Å². The first-order valence-corrected chi connectivity index (χ1v) is 38.1. The van der Waals surface area contributed by atoms with Crippen molar-refractivity contribution < 1.29 is 57.5 Å². The second kappa shape index (κ2) is 40.2. The average Bonchev–Trinajstić information content (AvgIpc) is 1.74. The van der Waals surface area contributed by atoms with Gasteiger partial charge in [-0.3, -0.25) is 57.5 Å². The van der Waals surface area contributed by atoms with E-state index in [1.165, 1.54) is 39.0 Å². The molecule has 0 spiro atoms. The van der Waals surface area contributed by atoms with Crippen molar-refractivity contribution in [3.63, 3.8) is 0 Å². The number of carbonyl (C=O) groups excluding carboxylic acids is 12. The van der Waals surface area contributed by atoms with Gasteiger partial charge in [0.25, 0.3) is 5.91 Å². The van der Waals surface area contributed by atoms with E-state index in [9.17, 15) is 24.0 Å². The Hall–Kier alpha value is -10.6. The average molecular weight is 1510 g/mol. The van der Waals surface area contributed by atoms with Crippen LogP contribution >= 0.6 is 21.6 Å². The van der Waals surface area contributed by atoms with Crippen molar-refractivity contribution in [2.24, 2.45) is 17.2 Å². The summed E-state index contributed by atoms with van der Waals surface area (Å²) in [5.74, 6) is -11.0. The van der Waals surface area contributed by atoms with Gasteiger partial charge in [-0.1, -0.05) is 88.3 Å². The van der Waals surface area contributed by atoms with Crippen molar-refractivity contribution in [2.75, 3.05) is 39.0 Å². The van der Waals surface area contributed by atoms with E-state index in [1.54, 1.807) is 85.2 Å². The fraction of sp³-hybridized carbons (Fsp3) is 0.444. The van der Waals surface area contributed by atoms with E-state index in [1.807, 2.05) is 6.07 Å². The number of imidazole rings is 2. The van der Waals surface area contributed by atoms with Crippen molar-refractivity contribution >= 4 is 114 Å². The predicted octanol–water partition coefficient (Wildman–Crippen LogP) is -0.827. The third-order valence-electron chi connectivity index (χ3n) is 18.4. The molecule has 0 radical (unpaired) electrons. The van der Waals surface area contributed by atoms with Gasteiger partial charge in [-0.2, -0.15) is 0 Å². The first-order valence-electron chi connectivity index (χ1n) is 35.7. The summed E-state index contributed by atoms with van der Waals surface area (Å²) in [6, 6.07) is 8.35. The summed E-state index contributed by atoms with van der Waals surface area (Å²) in [7, 11) is 2.75. The Bertz CT molecular complexity index is 4180. The van der Waals surface area contributed by atoms with E-state index >= 15 is 33.6 Å². The zero-order valence-corrected chi connectivity index (χ0v) is 61.2. The number of likely N-dealkylation sites (N-methyl/N-ethyl adjacent to an activating group) is 1. The number of aromatic nitrogens is 6. The quantitative estimate of drug-likeness (QED) is 0.0291. The minimum Gasteiger partial charge on any atom is -0.361 e. The van der Waals surface area contributed by atoms with Crippen LogP contribution in [-0.4, -0.2) is 210 Å². The smallest absolute Gasteiger partial charge is 0.256 e. The lowest BCUT2D eigenvalue weighted by atomic mass is 10.0. The van der Waals surface area contributed by atoms with Crippen LogP contribution in [0.4, 0.5) is 0 Å². The maximum Gasteiger partial charge on any atom is 0.256 e. The van der Waals surface area contributed by atoms with Crippen molar-refractivity contribution in [3.8, 4) is 0 Å². The number of unbranched alkanes of at least 4 members (excludes halogenated alkanes) is 3. The SMILES string of the molecule is C[C@@H]1NC(=O)C2CSS[C@H](NC(=O)[C@H](Cc3c[nH]c4ccccc34)NC(=O)[C@H](CCCCN)NC(=O)[C@H](CCCCN)NC(=O)[C@H](CCCCN)NC1=O)C(=O)N(C)CC(=O)N[C@@H](Cc1c[nH]cn1)C(=O)N[C@H](Cc1ccccc1)C(=O)N[C@@H](Cc1c[nH]cn1)C(=O)N[C@@H](Cc1c[nH]c3ccccc13)C(=O)N2. The van der Waals surface area contributed by atoms with Crippen LogP contribution in [0.1, 0.15) is 92.8 Å². The Labute approximate surface area is 625 Å². The second-order valence-corrected chi connectivity index (χ2v) is 29.0. The number of rotatable bonds is 22. The molecule has 0 saturated carbocycles. The highest BCUT2D eigenvalue weighted by atomic mass is 33.1. The molecule has 1 unspecified atom stereocenters. The van der Waals surface area contributed by atoms with E-state index in [0.717, 1.165) is 15.7 Å². The summed E-state index contributed by atoms with van der Waals surface area (Å²) in [5, 5.41) is 30.2. The minimum absolute atomic E-state index is 0.00950. The van der Waals surface area contributed by atoms with Gasteiger partial charge in [0, 0.05) is 91.5 Å². The van der Waals surface area contributed by atoms with Crippen molar-refractivity contribution in [3.05, 3.63) is 144 Å². The molecule has 2 aliphatic heterocycles. The van der Waals surface area contributed by atoms with Gasteiger partial charge in [0.2, 0.25) is 65.0 Å². The van der Waals surface area contributed by atoms with Gasteiger partial charge in [0.05, 0.1) is 30.6 Å². The van der Waals surface area contributed by atoms with Crippen molar-refractivity contribution in [1.82, 2.24) is 93.3 Å². The third kappa shape index (κ3) is 23.4. The van der Waals surface area contributed by atoms with Crippen LogP contribution < -0.4 is 75.7 Å². The molecule has 2 bridgehead atoms. The first-order chi connectivity index (χ1) is 51.7. The molecule has 11 atom stereocenters. The lowest BCUT2D eigenvalue weighted by Crippen LogP contribution is -2.61. The molecular weight excluding hydrogens is 1420 g/mol. The van der Waals surface area contributed by atoms with Gasteiger partial charge in [0.15, 0.2) is 5.37 Å². The zero-order valence-electron chi connectivity index (χ0n) is 59.5. The normalized spacial score (nSPS) is 23.7. The summed E-state index contributed by atoms with van der Waals surface area (Å²) in [5.41, 5.74) is 21.4. The van der Waals surface area contributed by atoms with Crippen LogP contribution in [-0.2, 0) is 89.6 Å². The molecule has 12 amide bonds. The number of fused-ring (bicyclic) bond motifs is 6. The van der Waals surface area contributed by atoms with E-state index in [4.69, 9.17) is 17.2 Å². The molecule has 21 N–H and O–H groups in total. The lowest BCUT2D eigenvalue weighted by molar-refractivity contribution is -0.138. The Morgan fingerprint density at radius 1 is 0.421 bits per heavy atom. The number of H-pyrrole nitrogens is 4. The monoisotopic (exact) mass is 1510 g/mol. The lowest BCUT2D eigenvalue weighted by Gasteiger charge is -2.29. The molecule has 6 heterocycles. The fourth-order valence-electron chi connectivity index (χ4n) is 12.5. The largest absolute Gasteiger partial charge is 0.361 e. The van der Waals surface area contributed by atoms with Crippen LogP contribution in [0.25, 0.3) is 21.8 Å². The molecule has 35 heteroatoms. The second-order valence-electron chi connectivity index (χ2n) is 26.5. The maximum atomic E-state index is 15.5. The Morgan fingerprint density at radius 2 is 0.822 bits per heavy atom. The number of aromatic amines is 4. The number of hydrogen-bond donors (Lipinski definition) is 18. The van der Waals surface area contributed by atoms with Gasteiger partial charge >= 0.3 is 0 Å². The van der Waals surface area contributed by atoms with Crippen molar-refractivity contribution in [1.29, 1.82) is 0 Å². The van der Waals surface area contributed by atoms with Crippen LogP contribution in [0.3, 0.4) is 0 Å². The standard InChI is InChI=1S/C72H95N21O12S2/c1-41-61(95)84-51(22-10-13-25-73)62(96)85-52(23-11-14-26-74)63(97)86-53(24-12-15-27-75)64(98)88-56(30-44-34-79-50-21-9-7-19-48(44)50)69(103)92-71-72(105)93(2)37-60(94)83-57(31-45-35-76-39-80-45)67(101)87-54(28-42-16-4-3-5-17-42)65(99)90-58(32-46-36-77-40-81-46)68(102)89-55(29-43-33-78-49-20-8-6-18-47(43)49)66(100)91-59(38-106-107-71)70(104)82-41/h3-9,16-21,33-36,39-41,51-59,71,78-79H,10-15,22-32,37-38,73-75H2,1-2H3,(H,76,80)(H,77,81)(H,82,104)(H,83,94)(H,84,95)(H,85,96)(H,86,97)(H,87,101)(H,88,98)(H,89,102)(H,90,99)(H,91,100)(H,92,103)/t41-,51-,52-,53-,54+,55-,56-,57-,58-,59?,71-/m0/s1. The van der Waals surface area contributed by atoms with Crippen LogP contribution in [0.2, 0.25) is 0 Å². The summed E-state index contributed by atoms with van der Waals surface area (Å²) < 4.78 is 0. The molecule has 7 aromatic rings. The van der Waals surface area contributed by atoms with Crippen molar-refractivity contribution in [2.45, 2.75) is 163 Å². The van der Waals surface area contributed by atoms with Gasteiger partial charge in [0.1, 0.15) is 60.4 Å². The maximum absolute atomic E-state index is 15.5. The van der Waals surface area contributed by atoms with E-state index < -0.39 is 149 Å². The molecule has 0 aliphatic carbocycles. The van der Waals surface area contributed by atoms with E-state index in [-0.39, 0.29) is 71.0 Å². The molecule has 3 aromatic carbocycles.